The highest BCUT2D eigenvalue weighted by Gasteiger charge is 2.42. The second-order valence-electron chi connectivity index (χ2n) is 7.78. The molecule has 2 atom stereocenters. The fourth-order valence-corrected chi connectivity index (χ4v) is 4.46. The summed E-state index contributed by atoms with van der Waals surface area (Å²) in [6, 6.07) is -1.31. The zero-order chi connectivity index (χ0) is 21.9. The van der Waals surface area contributed by atoms with Gasteiger partial charge in [-0.3, -0.25) is 14.4 Å². The molecule has 0 bridgehead atoms. The summed E-state index contributed by atoms with van der Waals surface area (Å²) < 4.78 is 4.59. The molecule has 0 aromatic rings. The van der Waals surface area contributed by atoms with Crippen molar-refractivity contribution in [1.29, 1.82) is 0 Å². The average molecular weight is 443 g/mol. The summed E-state index contributed by atoms with van der Waals surface area (Å²) >= 11 is 1.40. The number of hydrogen-bond donors (Lipinski definition) is 3. The van der Waals surface area contributed by atoms with Crippen LogP contribution in [0.1, 0.15) is 51.4 Å². The van der Waals surface area contributed by atoms with Crippen molar-refractivity contribution in [3.63, 3.8) is 0 Å². The lowest BCUT2D eigenvalue weighted by atomic mass is 9.96. The SMILES string of the molecule is COC(=O)CCCNC(=O)C1C(NC(=O)NC2CCCCC2)CCN1C(=O)CSC. The zero-order valence-electron chi connectivity index (χ0n) is 17.9. The molecule has 3 N–H and O–H groups in total. The summed E-state index contributed by atoms with van der Waals surface area (Å²) in [5.74, 6) is -0.475. The predicted octanol–water partition coefficient (Wildman–Crippen LogP) is 1.02. The first-order chi connectivity index (χ1) is 14.5. The lowest BCUT2D eigenvalue weighted by Crippen LogP contribution is -2.57. The van der Waals surface area contributed by atoms with Gasteiger partial charge in [-0.1, -0.05) is 19.3 Å². The maximum Gasteiger partial charge on any atom is 0.315 e. The number of likely N-dealkylation sites (tertiary alicyclic amines) is 1. The lowest BCUT2D eigenvalue weighted by molar-refractivity contribution is -0.140. The summed E-state index contributed by atoms with van der Waals surface area (Å²) in [5.41, 5.74) is 0. The second-order valence-corrected chi connectivity index (χ2v) is 8.65. The number of rotatable bonds is 9. The number of nitrogens with zero attached hydrogens (tertiary/aromatic N) is 1. The van der Waals surface area contributed by atoms with Gasteiger partial charge in [0.05, 0.1) is 18.9 Å². The molecule has 1 aliphatic heterocycles. The summed E-state index contributed by atoms with van der Waals surface area (Å²) in [5, 5.41) is 8.72. The first kappa shape index (κ1) is 24.3. The van der Waals surface area contributed by atoms with Crippen LogP contribution in [-0.2, 0) is 19.1 Å². The Hall–Kier alpha value is -1.97. The molecule has 9 nitrogen and oxygen atoms in total. The molecule has 30 heavy (non-hydrogen) atoms. The minimum Gasteiger partial charge on any atom is -0.469 e. The zero-order valence-corrected chi connectivity index (χ0v) is 18.7. The van der Waals surface area contributed by atoms with Crippen LogP contribution < -0.4 is 16.0 Å². The minimum atomic E-state index is -0.750. The Kier molecular flexibility index (Phi) is 10.3. The van der Waals surface area contributed by atoms with Crippen molar-refractivity contribution >= 4 is 35.6 Å². The Morgan fingerprint density at radius 1 is 1.07 bits per heavy atom. The summed E-state index contributed by atoms with van der Waals surface area (Å²) in [6.45, 7) is 0.726. The number of nitrogens with one attached hydrogen (secondary N) is 3. The number of methoxy groups -OCH3 is 1. The highest BCUT2D eigenvalue weighted by Crippen LogP contribution is 2.21. The first-order valence-electron chi connectivity index (χ1n) is 10.7. The van der Waals surface area contributed by atoms with Gasteiger partial charge in [-0.15, -0.1) is 0 Å². The largest absolute Gasteiger partial charge is 0.469 e. The van der Waals surface area contributed by atoms with Crippen molar-refractivity contribution in [1.82, 2.24) is 20.9 Å². The number of thioether (sulfide) groups is 1. The fraction of sp³-hybridized carbons (Fsp3) is 0.800. The number of urea groups is 1. The van der Waals surface area contributed by atoms with E-state index in [4.69, 9.17) is 0 Å². The van der Waals surface area contributed by atoms with E-state index in [-0.39, 0.29) is 42.0 Å². The Labute approximate surface area is 182 Å². The third kappa shape index (κ3) is 7.37. The highest BCUT2D eigenvalue weighted by atomic mass is 32.2. The average Bonchev–Trinajstić information content (AvgIpc) is 3.15. The van der Waals surface area contributed by atoms with E-state index in [0.717, 1.165) is 25.7 Å². The molecule has 0 radical (unpaired) electrons. The number of carbonyl (C=O) groups is 4. The van der Waals surface area contributed by atoms with Crippen molar-refractivity contribution in [2.24, 2.45) is 0 Å². The van der Waals surface area contributed by atoms with Gasteiger partial charge in [0.25, 0.3) is 0 Å². The van der Waals surface area contributed by atoms with E-state index in [2.05, 4.69) is 20.7 Å². The Balaban J connectivity index is 1.94. The molecular formula is C20H34N4O5S. The Morgan fingerprint density at radius 3 is 2.47 bits per heavy atom. The molecule has 1 saturated carbocycles. The van der Waals surface area contributed by atoms with Crippen molar-refractivity contribution < 1.29 is 23.9 Å². The van der Waals surface area contributed by atoms with Gasteiger partial charge in [0.1, 0.15) is 6.04 Å². The lowest BCUT2D eigenvalue weighted by Gasteiger charge is -2.29. The van der Waals surface area contributed by atoms with Crippen LogP contribution in [0.25, 0.3) is 0 Å². The Bertz CT molecular complexity index is 612. The molecule has 2 unspecified atom stereocenters. The molecule has 1 saturated heterocycles. The van der Waals surface area contributed by atoms with E-state index in [1.807, 2.05) is 6.26 Å². The third-order valence-electron chi connectivity index (χ3n) is 5.60. The van der Waals surface area contributed by atoms with Crippen LogP contribution in [0.5, 0.6) is 0 Å². The van der Waals surface area contributed by atoms with Crippen LogP contribution in [0.2, 0.25) is 0 Å². The molecule has 2 aliphatic rings. The molecule has 1 aliphatic carbocycles. The quantitative estimate of drug-likeness (QED) is 0.363. The number of ether oxygens (including phenoxy) is 1. The predicted molar refractivity (Wildman–Crippen MR) is 115 cm³/mol. The smallest absolute Gasteiger partial charge is 0.315 e. The van der Waals surface area contributed by atoms with E-state index in [1.54, 1.807) is 4.90 Å². The topological polar surface area (TPSA) is 117 Å². The van der Waals surface area contributed by atoms with E-state index < -0.39 is 12.1 Å². The standard InChI is InChI=1S/C20H34N4O5S/c1-29-17(26)9-6-11-21-19(27)18-15(10-12-24(18)16(25)13-30-2)23-20(28)22-14-7-4-3-5-8-14/h14-15,18H,3-13H2,1-2H3,(H,21,27)(H2,22,23,28). The Morgan fingerprint density at radius 2 is 1.80 bits per heavy atom. The monoisotopic (exact) mass is 442 g/mol. The molecule has 170 valence electrons. The van der Waals surface area contributed by atoms with Gasteiger partial charge in [0.15, 0.2) is 0 Å². The molecule has 2 fully saturated rings. The van der Waals surface area contributed by atoms with Gasteiger partial charge in [0.2, 0.25) is 11.8 Å². The number of amides is 4. The molecular weight excluding hydrogens is 408 g/mol. The van der Waals surface area contributed by atoms with Crippen LogP contribution in [0.15, 0.2) is 0 Å². The van der Waals surface area contributed by atoms with Crippen LogP contribution >= 0.6 is 11.8 Å². The van der Waals surface area contributed by atoms with E-state index in [0.29, 0.717) is 25.9 Å². The minimum absolute atomic E-state index is 0.116. The molecule has 2 rings (SSSR count). The van der Waals surface area contributed by atoms with Crippen molar-refractivity contribution in [2.75, 3.05) is 32.2 Å². The van der Waals surface area contributed by atoms with E-state index in [1.165, 1.54) is 25.3 Å². The van der Waals surface area contributed by atoms with Crippen LogP contribution in [0, 0.1) is 0 Å². The van der Waals surface area contributed by atoms with E-state index >= 15 is 0 Å². The second kappa shape index (κ2) is 12.7. The maximum absolute atomic E-state index is 12.9. The van der Waals surface area contributed by atoms with E-state index in [9.17, 15) is 19.2 Å². The molecule has 0 aromatic heterocycles. The number of esters is 1. The number of carbonyl (C=O) groups excluding carboxylic acids is 4. The summed E-state index contributed by atoms with van der Waals surface area (Å²) in [4.78, 5) is 50.6. The van der Waals surface area contributed by atoms with Crippen LogP contribution in [-0.4, -0.2) is 79.0 Å². The van der Waals surface area contributed by atoms with Gasteiger partial charge in [0, 0.05) is 25.6 Å². The third-order valence-corrected chi connectivity index (χ3v) is 6.13. The summed E-state index contributed by atoms with van der Waals surface area (Å²) in [6.07, 6.45) is 8.39. The molecule has 0 spiro atoms. The van der Waals surface area contributed by atoms with Gasteiger partial charge in [-0.25, -0.2) is 4.79 Å². The fourth-order valence-electron chi connectivity index (χ4n) is 4.05. The van der Waals surface area contributed by atoms with Gasteiger partial charge in [-0.2, -0.15) is 11.8 Å². The molecule has 0 aromatic carbocycles. The highest BCUT2D eigenvalue weighted by molar-refractivity contribution is 7.99. The normalized spacial score (nSPS) is 21.7. The summed E-state index contributed by atoms with van der Waals surface area (Å²) in [7, 11) is 1.32. The molecule has 4 amide bonds. The first-order valence-corrected chi connectivity index (χ1v) is 12.1. The molecule has 1 heterocycles. The van der Waals surface area contributed by atoms with Crippen LogP contribution in [0.3, 0.4) is 0 Å². The maximum atomic E-state index is 12.9. The molecule has 10 heteroatoms. The van der Waals surface area contributed by atoms with Crippen molar-refractivity contribution in [3.05, 3.63) is 0 Å². The van der Waals surface area contributed by atoms with Crippen molar-refractivity contribution in [2.45, 2.75) is 69.5 Å². The van der Waals surface area contributed by atoms with Crippen LogP contribution in [0.4, 0.5) is 4.79 Å². The van der Waals surface area contributed by atoms with Crippen molar-refractivity contribution in [3.8, 4) is 0 Å². The van der Waals surface area contributed by atoms with Gasteiger partial charge < -0.3 is 25.6 Å². The van der Waals surface area contributed by atoms with Gasteiger partial charge >= 0.3 is 12.0 Å². The van der Waals surface area contributed by atoms with Gasteiger partial charge in [-0.05, 0) is 31.9 Å². The number of hydrogen-bond acceptors (Lipinski definition) is 6.